The number of hydrogen-bond donors (Lipinski definition) is 0. The van der Waals surface area contributed by atoms with E-state index in [9.17, 15) is 13.2 Å². The molecule has 1 aromatic carbocycles. The van der Waals surface area contributed by atoms with Crippen molar-refractivity contribution in [2.45, 2.75) is 44.9 Å². The third-order valence-corrected chi connectivity index (χ3v) is 7.13. The second kappa shape index (κ2) is 7.42. The van der Waals surface area contributed by atoms with Gasteiger partial charge in [0, 0.05) is 18.7 Å². The molecule has 0 spiro atoms. The lowest BCUT2D eigenvalue weighted by Crippen LogP contribution is -2.41. The number of nitrogens with zero attached hydrogens (tertiary/aromatic N) is 3. The Morgan fingerprint density at radius 3 is 2.18 bits per heavy atom. The topological polar surface area (TPSA) is 81.5 Å². The molecule has 2 heterocycles. The molecule has 0 unspecified atom stereocenters. The van der Waals surface area contributed by atoms with Crippen LogP contribution in [0.3, 0.4) is 0 Å². The van der Waals surface area contributed by atoms with E-state index in [0.29, 0.717) is 43.3 Å². The molecule has 0 radical (unpaired) electrons. The second-order valence-electron chi connectivity index (χ2n) is 8.06. The Balaban J connectivity index is 1.96. The molecule has 8 heteroatoms. The van der Waals surface area contributed by atoms with Crippen molar-refractivity contribution >= 4 is 15.9 Å². The SMILES string of the molecule is Cc1nn(C(=O)c2ccc(C(C)(C)C)cc2)c(C)c1S(=O)(=O)N1CCOCC1. The van der Waals surface area contributed by atoms with Crippen LogP contribution in [0.2, 0.25) is 0 Å². The maximum atomic E-state index is 13.1. The van der Waals surface area contributed by atoms with Crippen molar-refractivity contribution < 1.29 is 17.9 Å². The van der Waals surface area contributed by atoms with Gasteiger partial charge in [0.1, 0.15) is 4.90 Å². The number of sulfonamides is 1. The molecule has 0 saturated carbocycles. The van der Waals surface area contributed by atoms with E-state index in [2.05, 4.69) is 25.9 Å². The van der Waals surface area contributed by atoms with Crippen molar-refractivity contribution in [1.29, 1.82) is 0 Å². The minimum Gasteiger partial charge on any atom is -0.379 e. The molecule has 1 fully saturated rings. The van der Waals surface area contributed by atoms with Gasteiger partial charge in [0.15, 0.2) is 0 Å². The van der Waals surface area contributed by atoms with E-state index in [1.54, 1.807) is 26.0 Å². The summed E-state index contributed by atoms with van der Waals surface area (Å²) in [6.07, 6.45) is 0. The van der Waals surface area contributed by atoms with Crippen LogP contribution in [0.5, 0.6) is 0 Å². The van der Waals surface area contributed by atoms with Crippen molar-refractivity contribution in [2.75, 3.05) is 26.3 Å². The average Bonchev–Trinajstić information content (AvgIpc) is 2.96. The van der Waals surface area contributed by atoms with Crippen LogP contribution < -0.4 is 0 Å². The molecule has 0 aliphatic carbocycles. The molecule has 1 aromatic heterocycles. The first-order chi connectivity index (χ1) is 13.0. The smallest absolute Gasteiger partial charge is 0.278 e. The maximum Gasteiger partial charge on any atom is 0.278 e. The van der Waals surface area contributed by atoms with Crippen molar-refractivity contribution in [2.24, 2.45) is 0 Å². The highest BCUT2D eigenvalue weighted by Gasteiger charge is 2.33. The summed E-state index contributed by atoms with van der Waals surface area (Å²) >= 11 is 0. The highest BCUT2D eigenvalue weighted by Crippen LogP contribution is 2.26. The fourth-order valence-corrected chi connectivity index (χ4v) is 5.11. The molecule has 152 valence electrons. The third-order valence-electron chi connectivity index (χ3n) is 4.98. The van der Waals surface area contributed by atoms with Gasteiger partial charge in [0.2, 0.25) is 10.0 Å². The predicted octanol–water partition coefficient (Wildman–Crippen LogP) is 2.51. The summed E-state index contributed by atoms with van der Waals surface area (Å²) < 4.78 is 33.9. The number of aryl methyl sites for hydroxylation is 1. The summed E-state index contributed by atoms with van der Waals surface area (Å²) in [6, 6.07) is 7.36. The lowest BCUT2D eigenvalue weighted by molar-refractivity contribution is 0.0730. The van der Waals surface area contributed by atoms with E-state index in [1.165, 1.54) is 8.99 Å². The monoisotopic (exact) mass is 405 g/mol. The molecule has 1 aliphatic rings. The number of morpholine rings is 1. The minimum atomic E-state index is -3.73. The van der Waals surface area contributed by atoms with Crippen LogP contribution in [0.4, 0.5) is 0 Å². The van der Waals surface area contributed by atoms with Crippen molar-refractivity contribution in [3.63, 3.8) is 0 Å². The lowest BCUT2D eigenvalue weighted by atomic mass is 9.87. The molecular weight excluding hydrogens is 378 g/mol. The molecule has 1 saturated heterocycles. The Hall–Kier alpha value is -2.03. The van der Waals surface area contributed by atoms with Gasteiger partial charge in [0.05, 0.1) is 24.6 Å². The Labute approximate surface area is 166 Å². The van der Waals surface area contributed by atoms with E-state index < -0.39 is 10.0 Å². The quantitative estimate of drug-likeness (QED) is 0.784. The maximum absolute atomic E-state index is 13.1. The van der Waals surface area contributed by atoms with E-state index in [1.807, 2.05) is 12.1 Å². The Kier molecular flexibility index (Phi) is 5.49. The average molecular weight is 406 g/mol. The van der Waals surface area contributed by atoms with Crippen LogP contribution >= 0.6 is 0 Å². The number of carbonyl (C=O) groups excluding carboxylic acids is 1. The van der Waals surface area contributed by atoms with E-state index >= 15 is 0 Å². The molecule has 0 bridgehead atoms. The number of benzene rings is 1. The van der Waals surface area contributed by atoms with Gasteiger partial charge in [-0.1, -0.05) is 32.9 Å². The van der Waals surface area contributed by atoms with Gasteiger partial charge in [-0.15, -0.1) is 0 Å². The number of rotatable bonds is 3. The number of hydrogen-bond acceptors (Lipinski definition) is 5. The summed E-state index contributed by atoms with van der Waals surface area (Å²) in [4.78, 5) is 13.1. The Morgan fingerprint density at radius 2 is 1.64 bits per heavy atom. The van der Waals surface area contributed by atoms with Crippen molar-refractivity contribution in [3.05, 3.63) is 46.8 Å². The molecule has 0 atom stereocenters. The van der Waals surface area contributed by atoms with Crippen LogP contribution in [-0.2, 0) is 20.2 Å². The summed E-state index contributed by atoms with van der Waals surface area (Å²) in [6.45, 7) is 10.9. The second-order valence-corrected chi connectivity index (χ2v) is 9.94. The number of ether oxygens (including phenoxy) is 1. The molecule has 1 aliphatic heterocycles. The van der Waals surface area contributed by atoms with Crippen LogP contribution in [0, 0.1) is 13.8 Å². The van der Waals surface area contributed by atoms with E-state index in [0.717, 1.165) is 5.56 Å². The minimum absolute atomic E-state index is 0.0147. The van der Waals surface area contributed by atoms with Crippen molar-refractivity contribution in [1.82, 2.24) is 14.1 Å². The zero-order chi connectivity index (χ0) is 20.7. The number of aromatic nitrogens is 2. The van der Waals surface area contributed by atoms with Gasteiger partial charge >= 0.3 is 0 Å². The van der Waals surface area contributed by atoms with Gasteiger partial charge in [-0.3, -0.25) is 4.79 Å². The zero-order valence-electron chi connectivity index (χ0n) is 17.0. The molecular formula is C20H27N3O4S. The number of carbonyl (C=O) groups is 1. The van der Waals surface area contributed by atoms with Crippen LogP contribution in [0.25, 0.3) is 0 Å². The first-order valence-electron chi connectivity index (χ1n) is 9.33. The Morgan fingerprint density at radius 1 is 1.07 bits per heavy atom. The first-order valence-corrected chi connectivity index (χ1v) is 10.8. The molecule has 0 amide bonds. The molecule has 2 aromatic rings. The molecule has 3 rings (SSSR count). The van der Waals surface area contributed by atoms with Crippen LogP contribution in [-0.4, -0.2) is 54.7 Å². The first kappa shape index (κ1) is 20.7. The van der Waals surface area contributed by atoms with Crippen molar-refractivity contribution in [3.8, 4) is 0 Å². The lowest BCUT2D eigenvalue weighted by Gasteiger charge is -2.26. The highest BCUT2D eigenvalue weighted by molar-refractivity contribution is 7.89. The Bertz CT molecular complexity index is 980. The summed E-state index contributed by atoms with van der Waals surface area (Å²) in [5.41, 5.74) is 2.22. The fourth-order valence-electron chi connectivity index (χ4n) is 3.35. The summed E-state index contributed by atoms with van der Waals surface area (Å²) in [5.74, 6) is -0.343. The van der Waals surface area contributed by atoms with Gasteiger partial charge in [-0.25, -0.2) is 8.42 Å². The highest BCUT2D eigenvalue weighted by atomic mass is 32.2. The van der Waals surface area contributed by atoms with Crippen LogP contribution in [0.15, 0.2) is 29.2 Å². The van der Waals surface area contributed by atoms with Gasteiger partial charge in [-0.2, -0.15) is 14.1 Å². The third kappa shape index (κ3) is 3.76. The van der Waals surface area contributed by atoms with Gasteiger partial charge in [0.25, 0.3) is 5.91 Å². The molecule has 0 N–H and O–H groups in total. The van der Waals surface area contributed by atoms with Crippen LogP contribution in [0.1, 0.15) is 48.1 Å². The predicted molar refractivity (Wildman–Crippen MR) is 106 cm³/mol. The molecule has 7 nitrogen and oxygen atoms in total. The largest absolute Gasteiger partial charge is 0.379 e. The normalized spacial score (nSPS) is 16.3. The molecule has 28 heavy (non-hydrogen) atoms. The summed E-state index contributed by atoms with van der Waals surface area (Å²) in [7, 11) is -3.73. The van der Waals surface area contributed by atoms with E-state index in [4.69, 9.17) is 4.74 Å². The summed E-state index contributed by atoms with van der Waals surface area (Å²) in [5, 5.41) is 4.25. The standard InChI is InChI=1S/C20H27N3O4S/c1-14-18(28(25,26)22-10-12-27-13-11-22)15(2)23(21-14)19(24)16-6-8-17(9-7-16)20(3,4)5/h6-9H,10-13H2,1-5H3. The zero-order valence-corrected chi connectivity index (χ0v) is 17.8. The van der Waals surface area contributed by atoms with Gasteiger partial charge < -0.3 is 4.74 Å². The van der Waals surface area contributed by atoms with Gasteiger partial charge in [-0.05, 0) is 37.0 Å². The fraction of sp³-hybridized carbons (Fsp3) is 0.500. The van der Waals surface area contributed by atoms with E-state index in [-0.39, 0.29) is 16.2 Å².